The number of rotatable bonds is 12. The topological polar surface area (TPSA) is 86.3 Å². The number of amides is 1. The fourth-order valence-corrected chi connectivity index (χ4v) is 6.61. The second-order valence-electron chi connectivity index (χ2n) is 12.9. The van der Waals surface area contributed by atoms with Crippen molar-refractivity contribution in [1.29, 1.82) is 0 Å². The molecule has 1 aliphatic rings. The van der Waals surface area contributed by atoms with Crippen LogP contribution < -0.4 is 18.9 Å². The number of methoxy groups -OCH3 is 1. The van der Waals surface area contributed by atoms with Gasteiger partial charge in [0.05, 0.1) is 23.8 Å². The highest BCUT2D eigenvalue weighted by molar-refractivity contribution is 6.32. The number of halogens is 3. The van der Waals surface area contributed by atoms with Crippen LogP contribution in [0.1, 0.15) is 22.3 Å². The number of hydrogen-bond donors (Lipinski definition) is 0. The van der Waals surface area contributed by atoms with Gasteiger partial charge in [0.1, 0.15) is 23.9 Å². The minimum absolute atomic E-state index is 0. The molecule has 1 saturated heterocycles. The molecule has 0 bridgehead atoms. The maximum Gasteiger partial charge on any atom is 0.246 e. The second kappa shape index (κ2) is 18.3. The molecule has 0 atom stereocenters. The molecule has 9 nitrogen and oxygen atoms in total. The predicted octanol–water partition coefficient (Wildman–Crippen LogP) is 10.2. The zero-order valence-corrected chi connectivity index (χ0v) is 32.6. The minimum Gasteiger partial charge on any atom is -0.497 e. The Balaban J connectivity index is 0.00000514. The third-order valence-corrected chi connectivity index (χ3v) is 9.69. The van der Waals surface area contributed by atoms with Crippen molar-refractivity contribution in [1.82, 2.24) is 19.8 Å². The molecule has 7 rings (SSSR count). The standard InChI is InChI=1S/C43H38Cl2N4O5.ClH/c1-29-23-30(25-38(45)43(29)54-40-17-14-36(26-46-40)52-28-33-5-3-4-6-37(33)44)8-18-42(50)49-21-19-48(20-22-49)27-31-7-15-39-32(24-31)9-16-41(47-39)53-35-12-10-34(51-2)11-13-35;/h3-18,23-26H,19-22,27-28H2,1-2H3;1H/b18-8+;. The van der Waals surface area contributed by atoms with Crippen LogP contribution in [0.2, 0.25) is 10.0 Å². The molecule has 0 aliphatic carbocycles. The smallest absolute Gasteiger partial charge is 0.246 e. The lowest BCUT2D eigenvalue weighted by Gasteiger charge is -2.34. The first kappa shape index (κ1) is 39.4. The number of aryl methyl sites for hydroxylation is 1. The fraction of sp³-hybridized carbons (Fsp3) is 0.186. The van der Waals surface area contributed by atoms with E-state index in [2.05, 4.69) is 27.0 Å². The number of benzene rings is 4. The molecule has 0 unspecified atom stereocenters. The molecule has 55 heavy (non-hydrogen) atoms. The maximum atomic E-state index is 13.1. The summed E-state index contributed by atoms with van der Waals surface area (Å²) in [6.45, 7) is 5.88. The van der Waals surface area contributed by atoms with Crippen molar-refractivity contribution in [2.75, 3.05) is 33.3 Å². The lowest BCUT2D eigenvalue weighted by atomic mass is 10.1. The number of fused-ring (bicyclic) bond motifs is 1. The van der Waals surface area contributed by atoms with Gasteiger partial charge in [0.2, 0.25) is 17.7 Å². The maximum absolute atomic E-state index is 13.1. The highest BCUT2D eigenvalue weighted by Gasteiger charge is 2.20. The van der Waals surface area contributed by atoms with Crippen LogP contribution in [0.15, 0.2) is 115 Å². The number of aromatic nitrogens is 2. The first-order valence-corrected chi connectivity index (χ1v) is 18.3. The van der Waals surface area contributed by atoms with Gasteiger partial charge in [-0.1, -0.05) is 47.5 Å². The van der Waals surface area contributed by atoms with E-state index in [9.17, 15) is 4.79 Å². The van der Waals surface area contributed by atoms with E-state index in [1.54, 1.807) is 43.7 Å². The average Bonchev–Trinajstić information content (AvgIpc) is 3.19. The molecule has 0 spiro atoms. The summed E-state index contributed by atoms with van der Waals surface area (Å²) in [5.74, 6) is 3.44. The van der Waals surface area contributed by atoms with Crippen molar-refractivity contribution in [2.24, 2.45) is 0 Å². The molecule has 4 aromatic carbocycles. The molecule has 1 fully saturated rings. The Morgan fingerprint density at radius 1 is 0.800 bits per heavy atom. The third kappa shape index (κ3) is 10.3. The highest BCUT2D eigenvalue weighted by atomic mass is 35.5. The van der Waals surface area contributed by atoms with Crippen LogP contribution in [0.25, 0.3) is 17.0 Å². The number of pyridine rings is 2. The molecule has 6 aromatic rings. The number of carbonyl (C=O) groups excluding carboxylic acids is 1. The SMILES string of the molecule is COc1ccc(Oc2ccc3cc(CN4CCN(C(=O)/C=C/c5cc(C)c(Oc6ccc(OCc7ccccc7Cl)cn6)c(Cl)c5)CC4)ccc3n2)cc1.Cl. The molecule has 0 saturated carbocycles. The fourth-order valence-electron chi connectivity index (χ4n) is 6.11. The van der Waals surface area contributed by atoms with Crippen LogP contribution in [0.5, 0.6) is 34.8 Å². The van der Waals surface area contributed by atoms with Gasteiger partial charge in [-0.25, -0.2) is 9.97 Å². The number of nitrogens with zero attached hydrogens (tertiary/aromatic N) is 4. The number of ether oxygens (including phenoxy) is 4. The summed E-state index contributed by atoms with van der Waals surface area (Å²) in [6, 6.07) is 32.3. The zero-order valence-electron chi connectivity index (χ0n) is 30.3. The van der Waals surface area contributed by atoms with E-state index in [1.165, 1.54) is 5.56 Å². The largest absolute Gasteiger partial charge is 0.497 e. The molecule has 3 heterocycles. The van der Waals surface area contributed by atoms with Gasteiger partial charge in [-0.3, -0.25) is 9.69 Å². The summed E-state index contributed by atoms with van der Waals surface area (Å²) >= 11 is 12.9. The quantitative estimate of drug-likeness (QED) is 0.113. The van der Waals surface area contributed by atoms with E-state index in [0.717, 1.165) is 53.0 Å². The van der Waals surface area contributed by atoms with Gasteiger partial charge in [0.15, 0.2) is 5.75 Å². The summed E-state index contributed by atoms with van der Waals surface area (Å²) in [4.78, 5) is 26.4. The van der Waals surface area contributed by atoms with Crippen molar-refractivity contribution in [3.05, 3.63) is 148 Å². The molecule has 1 aliphatic heterocycles. The molecular formula is C43H39Cl3N4O5. The van der Waals surface area contributed by atoms with Gasteiger partial charge in [-0.15, -0.1) is 12.4 Å². The van der Waals surface area contributed by atoms with Crippen LogP contribution in [-0.2, 0) is 17.9 Å². The summed E-state index contributed by atoms with van der Waals surface area (Å²) < 4.78 is 23.0. The predicted molar refractivity (Wildman–Crippen MR) is 219 cm³/mol. The summed E-state index contributed by atoms with van der Waals surface area (Å²) in [7, 11) is 1.63. The zero-order chi connectivity index (χ0) is 37.4. The molecule has 0 N–H and O–H groups in total. The Labute approximate surface area is 336 Å². The van der Waals surface area contributed by atoms with E-state index < -0.39 is 0 Å². The van der Waals surface area contributed by atoms with E-state index in [0.29, 0.717) is 58.8 Å². The highest BCUT2D eigenvalue weighted by Crippen LogP contribution is 2.34. The number of carbonyl (C=O) groups is 1. The normalized spacial score (nSPS) is 13.1. The second-order valence-corrected chi connectivity index (χ2v) is 13.7. The Bertz CT molecular complexity index is 2260. The van der Waals surface area contributed by atoms with Crippen LogP contribution in [0.4, 0.5) is 0 Å². The Morgan fingerprint density at radius 2 is 1.55 bits per heavy atom. The third-order valence-electron chi connectivity index (χ3n) is 9.04. The van der Waals surface area contributed by atoms with Gasteiger partial charge in [0, 0.05) is 66.9 Å². The van der Waals surface area contributed by atoms with E-state index >= 15 is 0 Å². The molecule has 12 heteroatoms. The summed E-state index contributed by atoms with van der Waals surface area (Å²) in [6.07, 6.45) is 4.99. The lowest BCUT2D eigenvalue weighted by Crippen LogP contribution is -2.47. The van der Waals surface area contributed by atoms with Gasteiger partial charge in [-0.05, 0) is 96.4 Å². The molecule has 2 aromatic heterocycles. The Morgan fingerprint density at radius 3 is 2.27 bits per heavy atom. The van der Waals surface area contributed by atoms with Gasteiger partial charge >= 0.3 is 0 Å². The van der Waals surface area contributed by atoms with E-state index in [-0.39, 0.29) is 18.3 Å². The van der Waals surface area contributed by atoms with Crippen molar-refractivity contribution < 1.29 is 23.7 Å². The van der Waals surface area contributed by atoms with Crippen LogP contribution in [0.3, 0.4) is 0 Å². The molecule has 1 amide bonds. The summed E-state index contributed by atoms with van der Waals surface area (Å²) in [5.41, 5.74) is 4.57. The number of hydrogen-bond acceptors (Lipinski definition) is 8. The van der Waals surface area contributed by atoms with Gasteiger partial charge in [-0.2, -0.15) is 0 Å². The van der Waals surface area contributed by atoms with Gasteiger partial charge in [0.25, 0.3) is 0 Å². The first-order valence-electron chi connectivity index (χ1n) is 17.5. The monoisotopic (exact) mass is 796 g/mol. The van der Waals surface area contributed by atoms with Crippen LogP contribution >= 0.6 is 35.6 Å². The van der Waals surface area contributed by atoms with E-state index in [1.807, 2.05) is 84.6 Å². The Kier molecular flexibility index (Phi) is 13.1. The first-order chi connectivity index (χ1) is 26.3. The minimum atomic E-state index is -0.0331. The summed E-state index contributed by atoms with van der Waals surface area (Å²) in [5, 5.41) is 2.12. The van der Waals surface area contributed by atoms with Crippen molar-refractivity contribution in [3.8, 4) is 34.8 Å². The van der Waals surface area contributed by atoms with Crippen molar-refractivity contribution in [2.45, 2.75) is 20.1 Å². The lowest BCUT2D eigenvalue weighted by molar-refractivity contribution is -0.127. The van der Waals surface area contributed by atoms with Crippen LogP contribution in [-0.4, -0.2) is 59.0 Å². The average molecular weight is 798 g/mol. The van der Waals surface area contributed by atoms with Gasteiger partial charge < -0.3 is 23.8 Å². The van der Waals surface area contributed by atoms with Crippen molar-refractivity contribution in [3.63, 3.8) is 0 Å². The Hall–Kier alpha value is -5.32. The molecule has 0 radical (unpaired) electrons. The van der Waals surface area contributed by atoms with Crippen molar-refractivity contribution >= 4 is 58.5 Å². The number of piperazine rings is 1. The van der Waals surface area contributed by atoms with E-state index in [4.69, 9.17) is 42.1 Å². The molecule has 282 valence electrons. The van der Waals surface area contributed by atoms with Crippen LogP contribution in [0, 0.1) is 6.92 Å². The molecular weight excluding hydrogens is 759 g/mol.